The third kappa shape index (κ3) is 6.57. The summed E-state index contributed by atoms with van der Waals surface area (Å²) in [5.74, 6) is 0.624. The fourth-order valence-electron chi connectivity index (χ4n) is 3.96. The minimum atomic E-state index is -0.207. The maximum Gasteiger partial charge on any atom is 0.191 e. The largest absolute Gasteiger partial charge is 0.381 e. The van der Waals surface area contributed by atoms with Crippen LogP contribution in [0, 0.1) is 5.82 Å². The van der Waals surface area contributed by atoms with Gasteiger partial charge in [0, 0.05) is 44.1 Å². The maximum absolute atomic E-state index is 13.5. The minimum Gasteiger partial charge on any atom is -0.381 e. The molecule has 0 saturated carbocycles. The summed E-state index contributed by atoms with van der Waals surface area (Å²) < 4.78 is 24.7. The zero-order valence-electron chi connectivity index (χ0n) is 18.2. The van der Waals surface area contributed by atoms with Crippen molar-refractivity contribution in [2.75, 3.05) is 65.4 Å². The molecule has 0 spiro atoms. The SMILES string of the molecule is CCNC(=NCC1(SC)CCOCC1)NCC(c1ccc(F)cc1)N1CCOCC1. The standard InChI is InChI=1S/C22H35FN4O2S/c1-3-24-21(26-17-22(30-2)8-12-28-13-9-22)25-16-20(27-10-14-29-15-11-27)18-4-6-19(23)7-5-18/h4-7,20H,3,8-17H2,1-2H3,(H2,24,25,26). The van der Waals surface area contributed by atoms with Crippen molar-refractivity contribution in [3.05, 3.63) is 35.6 Å². The highest BCUT2D eigenvalue weighted by atomic mass is 32.2. The van der Waals surface area contributed by atoms with Crippen LogP contribution in [0.25, 0.3) is 0 Å². The molecule has 6 nitrogen and oxygen atoms in total. The predicted octanol–water partition coefficient (Wildman–Crippen LogP) is 2.67. The van der Waals surface area contributed by atoms with E-state index < -0.39 is 0 Å². The van der Waals surface area contributed by atoms with Crippen molar-refractivity contribution in [2.45, 2.75) is 30.6 Å². The van der Waals surface area contributed by atoms with Crippen molar-refractivity contribution in [2.24, 2.45) is 4.99 Å². The van der Waals surface area contributed by atoms with E-state index in [1.807, 2.05) is 23.9 Å². The van der Waals surface area contributed by atoms with Gasteiger partial charge in [-0.25, -0.2) is 4.39 Å². The summed E-state index contributed by atoms with van der Waals surface area (Å²) in [5, 5.41) is 6.91. The minimum absolute atomic E-state index is 0.135. The van der Waals surface area contributed by atoms with Crippen LogP contribution in [-0.4, -0.2) is 81.0 Å². The highest BCUT2D eigenvalue weighted by molar-refractivity contribution is 8.00. The Kier molecular flexibility index (Phi) is 9.24. The second kappa shape index (κ2) is 11.9. The fraction of sp³-hybridized carbons (Fsp3) is 0.682. The molecule has 0 aliphatic carbocycles. The lowest BCUT2D eigenvalue weighted by atomic mass is 9.99. The molecule has 1 aromatic rings. The van der Waals surface area contributed by atoms with E-state index >= 15 is 0 Å². The first-order valence-electron chi connectivity index (χ1n) is 10.9. The van der Waals surface area contributed by atoms with Crippen LogP contribution in [0.5, 0.6) is 0 Å². The van der Waals surface area contributed by atoms with Gasteiger partial charge in [-0.3, -0.25) is 9.89 Å². The number of hydrogen-bond donors (Lipinski definition) is 2. The van der Waals surface area contributed by atoms with Gasteiger partial charge in [-0.05, 0) is 43.7 Å². The van der Waals surface area contributed by atoms with Crippen LogP contribution in [0.15, 0.2) is 29.3 Å². The molecule has 1 atom stereocenters. The van der Waals surface area contributed by atoms with E-state index in [2.05, 4.69) is 28.7 Å². The molecule has 2 aliphatic heterocycles. The van der Waals surface area contributed by atoms with Gasteiger partial charge in [0.1, 0.15) is 5.82 Å². The maximum atomic E-state index is 13.5. The number of nitrogens with zero attached hydrogens (tertiary/aromatic N) is 2. The lowest BCUT2D eigenvalue weighted by Gasteiger charge is -2.36. The molecule has 2 heterocycles. The van der Waals surface area contributed by atoms with E-state index in [-0.39, 0.29) is 16.6 Å². The summed E-state index contributed by atoms with van der Waals surface area (Å²) in [6, 6.07) is 6.97. The van der Waals surface area contributed by atoms with Crippen molar-refractivity contribution in [1.82, 2.24) is 15.5 Å². The molecule has 168 valence electrons. The zero-order valence-corrected chi connectivity index (χ0v) is 19.0. The molecule has 2 aliphatic rings. The lowest BCUT2D eigenvalue weighted by molar-refractivity contribution is 0.0170. The predicted molar refractivity (Wildman–Crippen MR) is 122 cm³/mol. The molecule has 1 aromatic carbocycles. The monoisotopic (exact) mass is 438 g/mol. The summed E-state index contributed by atoms with van der Waals surface area (Å²) in [4.78, 5) is 7.32. The Bertz CT molecular complexity index is 662. The first kappa shape index (κ1) is 23.3. The van der Waals surface area contributed by atoms with Crippen molar-refractivity contribution in [3.8, 4) is 0 Å². The van der Waals surface area contributed by atoms with E-state index in [0.717, 1.165) is 77.0 Å². The van der Waals surface area contributed by atoms with Gasteiger partial charge in [0.25, 0.3) is 0 Å². The molecule has 2 saturated heterocycles. The van der Waals surface area contributed by atoms with Crippen LogP contribution in [0.3, 0.4) is 0 Å². The molecule has 3 rings (SSSR count). The Labute approximate surface area is 184 Å². The molecule has 30 heavy (non-hydrogen) atoms. The first-order chi connectivity index (χ1) is 14.7. The number of guanidine groups is 1. The van der Waals surface area contributed by atoms with Gasteiger partial charge in [0.15, 0.2) is 5.96 Å². The summed E-state index contributed by atoms with van der Waals surface area (Å²) in [6.07, 6.45) is 4.23. The van der Waals surface area contributed by atoms with Crippen LogP contribution in [0.1, 0.15) is 31.4 Å². The van der Waals surface area contributed by atoms with Crippen molar-refractivity contribution in [1.29, 1.82) is 0 Å². The number of thioether (sulfide) groups is 1. The number of nitrogens with one attached hydrogen (secondary N) is 2. The molecule has 2 N–H and O–H groups in total. The van der Waals surface area contributed by atoms with Gasteiger partial charge in [-0.2, -0.15) is 11.8 Å². The fourth-order valence-corrected chi connectivity index (χ4v) is 4.73. The smallest absolute Gasteiger partial charge is 0.191 e. The Morgan fingerprint density at radius 2 is 1.80 bits per heavy atom. The van der Waals surface area contributed by atoms with E-state index in [1.54, 1.807) is 0 Å². The van der Waals surface area contributed by atoms with E-state index in [0.29, 0.717) is 6.54 Å². The van der Waals surface area contributed by atoms with Crippen LogP contribution in [0.2, 0.25) is 0 Å². The summed E-state index contributed by atoms with van der Waals surface area (Å²) in [7, 11) is 0. The summed E-state index contributed by atoms with van der Waals surface area (Å²) in [6.45, 7) is 9.16. The van der Waals surface area contributed by atoms with Crippen molar-refractivity contribution >= 4 is 17.7 Å². The van der Waals surface area contributed by atoms with Gasteiger partial charge < -0.3 is 20.1 Å². The Balaban J connectivity index is 1.69. The molecule has 2 fully saturated rings. The second-order valence-electron chi connectivity index (χ2n) is 7.79. The number of aliphatic imine (C=N–C) groups is 1. The Morgan fingerprint density at radius 1 is 1.13 bits per heavy atom. The number of ether oxygens (including phenoxy) is 2. The molecule has 0 bridgehead atoms. The second-order valence-corrected chi connectivity index (χ2v) is 9.07. The molecule has 1 unspecified atom stereocenters. The normalized spacial score (nSPS) is 21.2. The summed E-state index contributed by atoms with van der Waals surface area (Å²) in [5.41, 5.74) is 1.10. The number of halogens is 1. The Hall–Kier alpha value is -1.35. The summed E-state index contributed by atoms with van der Waals surface area (Å²) >= 11 is 1.90. The van der Waals surface area contributed by atoms with E-state index in [9.17, 15) is 4.39 Å². The van der Waals surface area contributed by atoms with Crippen molar-refractivity contribution < 1.29 is 13.9 Å². The van der Waals surface area contributed by atoms with Gasteiger partial charge in [-0.1, -0.05) is 12.1 Å². The third-order valence-corrected chi connectivity index (χ3v) is 7.31. The zero-order chi connectivity index (χ0) is 21.2. The highest BCUT2D eigenvalue weighted by Crippen LogP contribution is 2.34. The number of benzene rings is 1. The van der Waals surface area contributed by atoms with E-state index in [1.165, 1.54) is 12.1 Å². The molecular weight excluding hydrogens is 403 g/mol. The van der Waals surface area contributed by atoms with Crippen LogP contribution >= 0.6 is 11.8 Å². The number of rotatable bonds is 8. The van der Waals surface area contributed by atoms with Gasteiger partial charge in [-0.15, -0.1) is 0 Å². The highest BCUT2D eigenvalue weighted by Gasteiger charge is 2.31. The Morgan fingerprint density at radius 3 is 2.43 bits per heavy atom. The third-order valence-electron chi connectivity index (χ3n) is 5.91. The van der Waals surface area contributed by atoms with Gasteiger partial charge in [0.05, 0.1) is 25.8 Å². The molecular formula is C22H35FN4O2S. The number of morpholine rings is 1. The quantitative estimate of drug-likeness (QED) is 0.481. The topological polar surface area (TPSA) is 58.1 Å². The van der Waals surface area contributed by atoms with Crippen LogP contribution in [0.4, 0.5) is 4.39 Å². The average Bonchev–Trinajstić information content (AvgIpc) is 2.80. The molecule has 0 radical (unpaired) electrons. The lowest BCUT2D eigenvalue weighted by Crippen LogP contribution is -2.47. The first-order valence-corrected chi connectivity index (χ1v) is 12.1. The molecule has 8 heteroatoms. The van der Waals surface area contributed by atoms with Crippen LogP contribution < -0.4 is 10.6 Å². The number of hydrogen-bond acceptors (Lipinski definition) is 5. The molecule has 0 aromatic heterocycles. The van der Waals surface area contributed by atoms with Crippen LogP contribution in [-0.2, 0) is 9.47 Å². The van der Waals surface area contributed by atoms with Crippen molar-refractivity contribution in [3.63, 3.8) is 0 Å². The van der Waals surface area contributed by atoms with E-state index in [4.69, 9.17) is 14.5 Å². The molecule has 0 amide bonds. The van der Waals surface area contributed by atoms with Gasteiger partial charge in [0.2, 0.25) is 0 Å². The average molecular weight is 439 g/mol. The van der Waals surface area contributed by atoms with Gasteiger partial charge >= 0.3 is 0 Å².